The van der Waals surface area contributed by atoms with Crippen LogP contribution in [0.5, 0.6) is 0 Å². The van der Waals surface area contributed by atoms with Crippen molar-refractivity contribution in [3.05, 3.63) is 0 Å². The van der Waals surface area contributed by atoms with Crippen LogP contribution in [0.15, 0.2) is 0 Å². The maximum absolute atomic E-state index is 12.0. The molecule has 1 N–H and O–H groups in total. The zero-order chi connectivity index (χ0) is 12.2. The molecule has 6 heteroatoms. The van der Waals surface area contributed by atoms with Crippen molar-refractivity contribution in [2.24, 2.45) is 0 Å². The van der Waals surface area contributed by atoms with Crippen molar-refractivity contribution in [3.63, 3.8) is 0 Å². The molecule has 0 saturated heterocycles. The Kier molecular flexibility index (Phi) is 4.73. The van der Waals surface area contributed by atoms with Gasteiger partial charge in [-0.1, -0.05) is 12.8 Å². The first-order valence-corrected chi connectivity index (χ1v) is 7.12. The van der Waals surface area contributed by atoms with E-state index in [9.17, 15) is 13.2 Å². The summed E-state index contributed by atoms with van der Waals surface area (Å²) in [5.41, 5.74) is 0. The summed E-state index contributed by atoms with van der Waals surface area (Å²) in [4.78, 5) is 10.3. The van der Waals surface area contributed by atoms with Crippen LogP contribution in [0.2, 0.25) is 0 Å². The van der Waals surface area contributed by atoms with Gasteiger partial charge in [0.1, 0.15) is 0 Å². The molecule has 0 heterocycles. The molecule has 1 aliphatic carbocycles. The molecule has 0 radical (unpaired) electrons. The van der Waals surface area contributed by atoms with E-state index in [1.165, 1.54) is 11.4 Å². The molecule has 0 aromatic heterocycles. The topological polar surface area (TPSA) is 74.7 Å². The van der Waals surface area contributed by atoms with E-state index in [-0.39, 0.29) is 11.7 Å². The molecule has 1 saturated carbocycles. The van der Waals surface area contributed by atoms with E-state index in [1.54, 1.807) is 0 Å². The maximum atomic E-state index is 12.0. The number of carboxylic acids is 1. The monoisotopic (exact) mass is 249 g/mol. The van der Waals surface area contributed by atoms with Crippen LogP contribution in [0, 0.1) is 0 Å². The fraction of sp³-hybridized carbons (Fsp3) is 0.900. The zero-order valence-corrected chi connectivity index (χ0v) is 10.4. The quantitative estimate of drug-likeness (QED) is 0.763. The van der Waals surface area contributed by atoms with E-state index in [2.05, 4.69) is 0 Å². The number of carboxylic acid groups (broad SMARTS) is 1. The van der Waals surface area contributed by atoms with E-state index in [0.717, 1.165) is 25.7 Å². The molecule has 0 spiro atoms. The van der Waals surface area contributed by atoms with Crippen LogP contribution in [0.3, 0.4) is 0 Å². The second-order valence-electron chi connectivity index (χ2n) is 4.27. The summed E-state index contributed by atoms with van der Waals surface area (Å²) in [6.45, 7) is 0.297. The minimum atomic E-state index is -3.20. The van der Waals surface area contributed by atoms with Crippen molar-refractivity contribution >= 4 is 16.0 Å². The highest BCUT2D eigenvalue weighted by atomic mass is 32.2. The standard InChI is InChI=1S/C10H19NO4S/c1-11(8-4-7-10(12)13)16(14,15)9-5-2-3-6-9/h9H,2-8H2,1H3,(H,12,13). The number of rotatable bonds is 6. The van der Waals surface area contributed by atoms with Gasteiger partial charge < -0.3 is 5.11 Å². The van der Waals surface area contributed by atoms with Gasteiger partial charge in [-0.15, -0.1) is 0 Å². The predicted octanol–water partition coefficient (Wildman–Crippen LogP) is 1.06. The lowest BCUT2D eigenvalue weighted by molar-refractivity contribution is -0.137. The number of sulfonamides is 1. The van der Waals surface area contributed by atoms with Gasteiger partial charge in [0, 0.05) is 20.0 Å². The average Bonchev–Trinajstić information content (AvgIpc) is 2.69. The summed E-state index contributed by atoms with van der Waals surface area (Å²) in [6.07, 6.45) is 3.83. The molecule has 0 atom stereocenters. The van der Waals surface area contributed by atoms with Crippen LogP contribution in [-0.2, 0) is 14.8 Å². The summed E-state index contributed by atoms with van der Waals surface area (Å²) in [6, 6.07) is 0. The van der Waals surface area contributed by atoms with Crippen LogP contribution in [0.4, 0.5) is 0 Å². The third-order valence-electron chi connectivity index (χ3n) is 3.02. The minimum Gasteiger partial charge on any atom is -0.481 e. The molecular formula is C10H19NO4S. The van der Waals surface area contributed by atoms with Gasteiger partial charge in [0.2, 0.25) is 10.0 Å². The lowest BCUT2D eigenvalue weighted by Crippen LogP contribution is -2.35. The Labute approximate surface area is 96.5 Å². The average molecular weight is 249 g/mol. The number of nitrogens with zero attached hydrogens (tertiary/aromatic N) is 1. The highest BCUT2D eigenvalue weighted by molar-refractivity contribution is 7.89. The summed E-state index contributed by atoms with van der Waals surface area (Å²) in [7, 11) is -1.66. The molecular weight excluding hydrogens is 230 g/mol. The first kappa shape index (κ1) is 13.4. The number of hydrogen-bond acceptors (Lipinski definition) is 3. The molecule has 0 aliphatic heterocycles. The van der Waals surface area contributed by atoms with Gasteiger partial charge in [-0.05, 0) is 19.3 Å². The van der Waals surface area contributed by atoms with Crippen molar-refractivity contribution < 1.29 is 18.3 Å². The molecule has 94 valence electrons. The van der Waals surface area contributed by atoms with Crippen LogP contribution in [0.25, 0.3) is 0 Å². The Hall–Kier alpha value is -0.620. The molecule has 1 fully saturated rings. The number of carbonyl (C=O) groups is 1. The molecule has 5 nitrogen and oxygen atoms in total. The third kappa shape index (κ3) is 3.45. The minimum absolute atomic E-state index is 0.0184. The molecule has 0 bridgehead atoms. The van der Waals surface area contributed by atoms with Gasteiger partial charge in [-0.2, -0.15) is 0 Å². The smallest absolute Gasteiger partial charge is 0.303 e. The summed E-state index contributed by atoms with van der Waals surface area (Å²) >= 11 is 0. The van der Waals surface area contributed by atoms with Crippen molar-refractivity contribution in [2.75, 3.05) is 13.6 Å². The number of aliphatic carboxylic acids is 1. The Bertz CT molecular complexity index is 333. The highest BCUT2D eigenvalue weighted by Gasteiger charge is 2.31. The summed E-state index contributed by atoms with van der Waals surface area (Å²) in [5, 5.41) is 8.22. The Morgan fingerprint density at radius 1 is 1.38 bits per heavy atom. The summed E-state index contributed by atoms with van der Waals surface area (Å²) in [5.74, 6) is -0.883. The third-order valence-corrected chi connectivity index (χ3v) is 5.39. The zero-order valence-electron chi connectivity index (χ0n) is 9.55. The fourth-order valence-electron chi connectivity index (χ4n) is 2.02. The molecule has 0 aromatic carbocycles. The van der Waals surface area contributed by atoms with E-state index in [4.69, 9.17) is 5.11 Å². The van der Waals surface area contributed by atoms with Gasteiger partial charge in [0.25, 0.3) is 0 Å². The molecule has 1 rings (SSSR count). The van der Waals surface area contributed by atoms with Gasteiger partial charge in [-0.25, -0.2) is 12.7 Å². The highest BCUT2D eigenvalue weighted by Crippen LogP contribution is 2.26. The van der Waals surface area contributed by atoms with Crippen LogP contribution < -0.4 is 0 Å². The van der Waals surface area contributed by atoms with Crippen LogP contribution >= 0.6 is 0 Å². The van der Waals surface area contributed by atoms with Gasteiger partial charge in [0.05, 0.1) is 5.25 Å². The van der Waals surface area contributed by atoms with Gasteiger partial charge in [-0.3, -0.25) is 4.79 Å². The van der Waals surface area contributed by atoms with E-state index in [1.807, 2.05) is 0 Å². The van der Waals surface area contributed by atoms with E-state index in [0.29, 0.717) is 13.0 Å². The van der Waals surface area contributed by atoms with Crippen molar-refractivity contribution in [2.45, 2.75) is 43.8 Å². The van der Waals surface area contributed by atoms with E-state index >= 15 is 0 Å². The van der Waals surface area contributed by atoms with Crippen LogP contribution in [0.1, 0.15) is 38.5 Å². The molecule has 16 heavy (non-hydrogen) atoms. The Morgan fingerprint density at radius 2 is 1.94 bits per heavy atom. The summed E-state index contributed by atoms with van der Waals surface area (Å²) < 4.78 is 25.3. The largest absolute Gasteiger partial charge is 0.481 e. The van der Waals surface area contributed by atoms with Crippen molar-refractivity contribution in [1.82, 2.24) is 4.31 Å². The Balaban J connectivity index is 2.45. The first-order valence-electron chi connectivity index (χ1n) is 5.61. The number of hydrogen-bond donors (Lipinski definition) is 1. The van der Waals surface area contributed by atoms with Crippen molar-refractivity contribution in [1.29, 1.82) is 0 Å². The molecule has 0 unspecified atom stereocenters. The lowest BCUT2D eigenvalue weighted by atomic mass is 10.3. The second-order valence-corrected chi connectivity index (χ2v) is 6.59. The second kappa shape index (κ2) is 5.63. The molecule has 0 aromatic rings. The molecule has 1 aliphatic rings. The fourth-order valence-corrected chi connectivity index (χ4v) is 3.84. The normalized spacial score (nSPS) is 18.1. The molecule has 0 amide bonds. The SMILES string of the molecule is CN(CCCC(=O)O)S(=O)(=O)C1CCCC1. The van der Waals surface area contributed by atoms with Gasteiger partial charge >= 0.3 is 5.97 Å². The van der Waals surface area contributed by atoms with E-state index < -0.39 is 16.0 Å². The maximum Gasteiger partial charge on any atom is 0.303 e. The van der Waals surface area contributed by atoms with Crippen molar-refractivity contribution in [3.8, 4) is 0 Å². The lowest BCUT2D eigenvalue weighted by Gasteiger charge is -2.20. The first-order chi connectivity index (χ1) is 7.44. The van der Waals surface area contributed by atoms with Gasteiger partial charge in [0.15, 0.2) is 0 Å². The van der Waals surface area contributed by atoms with Crippen LogP contribution in [-0.4, -0.2) is 42.6 Å². The Morgan fingerprint density at radius 3 is 2.44 bits per heavy atom. The predicted molar refractivity (Wildman–Crippen MR) is 60.7 cm³/mol.